The molecule has 0 bridgehead atoms. The number of carbonyl (C=O) groups excluding carboxylic acids is 1. The number of rotatable bonds is 6. The molecule has 3 heterocycles. The number of nitrogens with one attached hydrogen (secondary N) is 1. The molecule has 0 spiro atoms. The van der Waals surface area contributed by atoms with Crippen LogP contribution in [-0.4, -0.2) is 35.2 Å². The Hall–Kier alpha value is -2.90. The fraction of sp³-hybridized carbons (Fsp3) is 0.333. The van der Waals surface area contributed by atoms with Gasteiger partial charge >= 0.3 is 0 Å². The molecule has 0 atom stereocenters. The van der Waals surface area contributed by atoms with E-state index in [0.29, 0.717) is 17.8 Å². The van der Waals surface area contributed by atoms with Crippen LogP contribution in [0.25, 0.3) is 0 Å². The molecule has 0 fully saturated rings. The number of hydrogen-bond donors (Lipinski definition) is 1. The van der Waals surface area contributed by atoms with Crippen LogP contribution in [0.3, 0.4) is 0 Å². The number of aromatic nitrogens is 6. The average Bonchev–Trinajstić information content (AvgIpc) is 3.28. The molecule has 3 rings (SSSR count). The van der Waals surface area contributed by atoms with Gasteiger partial charge in [0.05, 0.1) is 36.4 Å². The van der Waals surface area contributed by atoms with E-state index in [-0.39, 0.29) is 5.91 Å². The molecule has 3 aromatic rings. The van der Waals surface area contributed by atoms with Crippen molar-refractivity contribution < 1.29 is 4.79 Å². The Kier molecular flexibility index (Phi) is 4.22. The normalized spacial score (nSPS) is 10.9. The summed E-state index contributed by atoms with van der Waals surface area (Å²) in [4.78, 5) is 12.1. The second-order valence-electron chi connectivity index (χ2n) is 5.17. The monoisotopic (exact) mass is 313 g/mol. The molecule has 8 heteroatoms. The van der Waals surface area contributed by atoms with Crippen molar-refractivity contribution >= 4 is 11.6 Å². The quantitative estimate of drug-likeness (QED) is 0.749. The fourth-order valence-electron chi connectivity index (χ4n) is 2.22. The van der Waals surface area contributed by atoms with Crippen molar-refractivity contribution in [1.29, 1.82) is 0 Å². The van der Waals surface area contributed by atoms with E-state index < -0.39 is 0 Å². The van der Waals surface area contributed by atoms with Crippen LogP contribution in [0, 0.1) is 0 Å². The van der Waals surface area contributed by atoms with Crippen molar-refractivity contribution in [2.24, 2.45) is 0 Å². The molecule has 1 N–H and O–H groups in total. The Labute approximate surface area is 133 Å². The zero-order valence-electron chi connectivity index (χ0n) is 13.2. The number of nitrogens with zero attached hydrogens (tertiary/aromatic N) is 6. The van der Waals surface area contributed by atoms with Crippen LogP contribution >= 0.6 is 0 Å². The summed E-state index contributed by atoms with van der Waals surface area (Å²) in [6.07, 6.45) is 10.5. The highest BCUT2D eigenvalue weighted by Crippen LogP contribution is 2.10. The molecule has 8 nitrogen and oxygen atoms in total. The molecule has 120 valence electrons. The maximum Gasteiger partial charge on any atom is 0.258 e. The second kappa shape index (κ2) is 6.47. The highest BCUT2D eigenvalue weighted by atomic mass is 16.1. The van der Waals surface area contributed by atoms with Crippen LogP contribution in [0.15, 0.2) is 37.2 Å². The van der Waals surface area contributed by atoms with Crippen molar-refractivity contribution in [3.05, 3.63) is 48.3 Å². The molecule has 0 aliphatic carbocycles. The van der Waals surface area contributed by atoms with Gasteiger partial charge in [0.15, 0.2) is 0 Å². The minimum atomic E-state index is -0.192. The van der Waals surface area contributed by atoms with Crippen LogP contribution in [0.4, 0.5) is 5.69 Å². The summed E-state index contributed by atoms with van der Waals surface area (Å²) in [5.74, 6) is -0.192. The predicted molar refractivity (Wildman–Crippen MR) is 85.1 cm³/mol. The summed E-state index contributed by atoms with van der Waals surface area (Å²) in [7, 11) is 0. The van der Waals surface area contributed by atoms with Gasteiger partial charge in [-0.05, 0) is 13.8 Å². The lowest BCUT2D eigenvalue weighted by Gasteiger charge is -1.99. The van der Waals surface area contributed by atoms with Crippen molar-refractivity contribution in [3.63, 3.8) is 0 Å². The highest BCUT2D eigenvalue weighted by molar-refractivity contribution is 6.03. The molecule has 0 radical (unpaired) electrons. The number of anilines is 1. The molecule has 0 aliphatic heterocycles. The number of aryl methyl sites for hydroxylation is 2. The zero-order valence-corrected chi connectivity index (χ0v) is 13.2. The smallest absolute Gasteiger partial charge is 0.258 e. The maximum absolute atomic E-state index is 12.1. The van der Waals surface area contributed by atoms with Gasteiger partial charge in [0.2, 0.25) is 0 Å². The lowest BCUT2D eigenvalue weighted by molar-refractivity contribution is 0.102. The van der Waals surface area contributed by atoms with Gasteiger partial charge in [-0.15, -0.1) is 0 Å². The molecule has 23 heavy (non-hydrogen) atoms. The Balaban J connectivity index is 1.63. The molecule has 0 saturated heterocycles. The Morgan fingerprint density at radius 2 is 1.65 bits per heavy atom. The lowest BCUT2D eigenvalue weighted by Crippen LogP contribution is -2.10. The molecule has 0 aliphatic rings. The topological polar surface area (TPSA) is 82.6 Å². The van der Waals surface area contributed by atoms with E-state index >= 15 is 0 Å². The van der Waals surface area contributed by atoms with E-state index in [9.17, 15) is 4.79 Å². The minimum absolute atomic E-state index is 0.192. The summed E-state index contributed by atoms with van der Waals surface area (Å²) >= 11 is 0. The highest BCUT2D eigenvalue weighted by Gasteiger charge is 2.10. The second-order valence-corrected chi connectivity index (χ2v) is 5.17. The van der Waals surface area contributed by atoms with Crippen LogP contribution in [0.5, 0.6) is 0 Å². The third kappa shape index (κ3) is 3.47. The standard InChI is InChI=1S/C15H19N7O/c1-3-20-8-12(5-16-20)9-22-11-14(7-18-22)19-15(23)13-6-17-21(4-2)10-13/h5-8,10-11H,3-4,9H2,1-2H3,(H,19,23). The Morgan fingerprint density at radius 1 is 0.957 bits per heavy atom. The molecule has 0 unspecified atom stereocenters. The van der Waals surface area contributed by atoms with Gasteiger partial charge in [-0.1, -0.05) is 0 Å². The van der Waals surface area contributed by atoms with E-state index in [2.05, 4.69) is 20.6 Å². The zero-order chi connectivity index (χ0) is 16.2. The molecule has 0 aromatic carbocycles. The van der Waals surface area contributed by atoms with E-state index in [1.165, 1.54) is 0 Å². The molecular formula is C15H19N7O. The van der Waals surface area contributed by atoms with E-state index in [0.717, 1.165) is 18.7 Å². The first-order chi connectivity index (χ1) is 11.2. The van der Waals surface area contributed by atoms with Gasteiger partial charge in [0.1, 0.15) is 0 Å². The molecule has 3 aromatic heterocycles. The van der Waals surface area contributed by atoms with Gasteiger partial charge in [0, 0.05) is 37.2 Å². The Bertz CT molecular complexity index is 798. The Morgan fingerprint density at radius 3 is 2.35 bits per heavy atom. The largest absolute Gasteiger partial charge is 0.319 e. The summed E-state index contributed by atoms with van der Waals surface area (Å²) in [5.41, 5.74) is 2.25. The first-order valence-electron chi connectivity index (χ1n) is 7.55. The number of amides is 1. The van der Waals surface area contributed by atoms with Gasteiger partial charge < -0.3 is 5.32 Å². The maximum atomic E-state index is 12.1. The summed E-state index contributed by atoms with van der Waals surface area (Å²) < 4.78 is 5.35. The molecule has 1 amide bonds. The van der Waals surface area contributed by atoms with Gasteiger partial charge in [-0.25, -0.2) is 0 Å². The molecular weight excluding hydrogens is 294 g/mol. The van der Waals surface area contributed by atoms with Crippen molar-refractivity contribution in [3.8, 4) is 0 Å². The van der Waals surface area contributed by atoms with Crippen LogP contribution in [0.1, 0.15) is 29.8 Å². The number of hydrogen-bond acceptors (Lipinski definition) is 4. The van der Waals surface area contributed by atoms with Gasteiger partial charge in [-0.2, -0.15) is 15.3 Å². The van der Waals surface area contributed by atoms with Gasteiger partial charge in [-0.3, -0.25) is 18.8 Å². The van der Waals surface area contributed by atoms with Crippen molar-refractivity contribution in [1.82, 2.24) is 29.3 Å². The SMILES string of the molecule is CCn1cc(Cn2cc(NC(=O)c3cnn(CC)c3)cn2)cn1. The van der Waals surface area contributed by atoms with E-state index in [1.807, 2.05) is 30.9 Å². The van der Waals surface area contributed by atoms with Crippen LogP contribution in [0.2, 0.25) is 0 Å². The number of carbonyl (C=O) groups is 1. The lowest BCUT2D eigenvalue weighted by atomic mass is 10.3. The van der Waals surface area contributed by atoms with Crippen LogP contribution < -0.4 is 5.32 Å². The van der Waals surface area contributed by atoms with E-state index in [4.69, 9.17) is 0 Å². The summed E-state index contributed by atoms with van der Waals surface area (Å²) in [6, 6.07) is 0. The molecule has 0 saturated carbocycles. The summed E-state index contributed by atoms with van der Waals surface area (Å²) in [5, 5.41) is 15.4. The van der Waals surface area contributed by atoms with Crippen LogP contribution in [-0.2, 0) is 19.6 Å². The fourth-order valence-corrected chi connectivity index (χ4v) is 2.22. The minimum Gasteiger partial charge on any atom is -0.319 e. The van der Waals surface area contributed by atoms with Gasteiger partial charge in [0.25, 0.3) is 5.91 Å². The van der Waals surface area contributed by atoms with E-state index in [1.54, 1.807) is 34.2 Å². The third-order valence-corrected chi connectivity index (χ3v) is 3.47. The summed E-state index contributed by atoms with van der Waals surface area (Å²) in [6.45, 7) is 6.20. The van der Waals surface area contributed by atoms with Crippen molar-refractivity contribution in [2.75, 3.05) is 5.32 Å². The third-order valence-electron chi connectivity index (χ3n) is 3.47. The average molecular weight is 313 g/mol. The first kappa shape index (κ1) is 15.0. The first-order valence-corrected chi connectivity index (χ1v) is 7.55. The predicted octanol–water partition coefficient (Wildman–Crippen LogP) is 1.62. The van der Waals surface area contributed by atoms with Crippen molar-refractivity contribution in [2.45, 2.75) is 33.5 Å².